The number of urea groups is 1. The summed E-state index contributed by atoms with van der Waals surface area (Å²) in [5, 5.41) is 10.3. The lowest BCUT2D eigenvalue weighted by molar-refractivity contribution is -0.115. The zero-order valence-electron chi connectivity index (χ0n) is 12.3. The lowest BCUT2D eigenvalue weighted by Gasteiger charge is -2.11. The van der Waals surface area contributed by atoms with Crippen LogP contribution in [-0.4, -0.2) is 30.4 Å². The first-order valence-electron chi connectivity index (χ1n) is 6.58. The Morgan fingerprint density at radius 1 is 1.10 bits per heavy atom. The van der Waals surface area contributed by atoms with E-state index in [1.54, 1.807) is 24.3 Å². The molecule has 1 aromatic rings. The molecule has 114 valence electrons. The molecule has 0 fully saturated rings. The molecule has 1 rings (SSSR count). The maximum atomic E-state index is 11.7. The van der Waals surface area contributed by atoms with Gasteiger partial charge in [-0.3, -0.25) is 9.59 Å². The smallest absolute Gasteiger partial charge is 0.315 e. The van der Waals surface area contributed by atoms with Gasteiger partial charge in [-0.2, -0.15) is 0 Å². The average Bonchev–Trinajstić information content (AvgIpc) is 2.35. The van der Waals surface area contributed by atoms with Gasteiger partial charge in [0.1, 0.15) is 0 Å². The quantitative estimate of drug-likeness (QED) is 0.658. The number of anilines is 2. The highest BCUT2D eigenvalue weighted by Crippen LogP contribution is 2.14. The maximum absolute atomic E-state index is 11.7. The first-order valence-corrected chi connectivity index (χ1v) is 6.58. The Kier molecular flexibility index (Phi) is 6.19. The van der Waals surface area contributed by atoms with Crippen molar-refractivity contribution in [2.45, 2.75) is 26.8 Å². The van der Waals surface area contributed by atoms with E-state index in [4.69, 9.17) is 0 Å². The summed E-state index contributed by atoms with van der Waals surface area (Å²) in [7, 11) is 0. The van der Waals surface area contributed by atoms with Crippen LogP contribution in [0.15, 0.2) is 24.3 Å². The van der Waals surface area contributed by atoms with E-state index in [1.165, 1.54) is 6.92 Å². The molecule has 0 aromatic heterocycles. The number of benzene rings is 1. The van der Waals surface area contributed by atoms with Crippen LogP contribution in [0.4, 0.5) is 16.2 Å². The van der Waals surface area contributed by atoms with Crippen molar-refractivity contribution in [3.05, 3.63) is 24.3 Å². The number of hydrogen-bond donors (Lipinski definition) is 4. The molecular weight excluding hydrogens is 272 g/mol. The van der Waals surface area contributed by atoms with E-state index in [-0.39, 0.29) is 24.4 Å². The molecule has 0 aliphatic heterocycles. The van der Waals surface area contributed by atoms with Gasteiger partial charge in [-0.15, -0.1) is 0 Å². The number of carbonyl (C=O) groups is 3. The summed E-state index contributed by atoms with van der Waals surface area (Å²) in [6.45, 7) is 4.92. The van der Waals surface area contributed by atoms with Crippen LogP contribution in [0.3, 0.4) is 0 Å². The van der Waals surface area contributed by atoms with Crippen LogP contribution >= 0.6 is 0 Å². The number of rotatable bonds is 5. The molecule has 0 saturated carbocycles. The molecule has 0 unspecified atom stereocenters. The fourth-order valence-electron chi connectivity index (χ4n) is 1.56. The Balaban J connectivity index is 2.47. The Hall–Kier alpha value is -2.57. The van der Waals surface area contributed by atoms with Gasteiger partial charge >= 0.3 is 6.03 Å². The van der Waals surface area contributed by atoms with Gasteiger partial charge in [0, 0.05) is 24.3 Å². The first-order chi connectivity index (χ1) is 9.86. The summed E-state index contributed by atoms with van der Waals surface area (Å²) in [6, 6.07) is 6.35. The van der Waals surface area contributed by atoms with E-state index in [2.05, 4.69) is 21.3 Å². The minimum atomic E-state index is -0.396. The molecule has 1 aromatic carbocycles. The predicted octanol–water partition coefficient (Wildman–Crippen LogP) is 1.29. The number of hydrogen-bond acceptors (Lipinski definition) is 3. The highest BCUT2D eigenvalue weighted by atomic mass is 16.2. The average molecular weight is 292 g/mol. The minimum Gasteiger partial charge on any atom is -0.336 e. The Morgan fingerprint density at radius 2 is 1.71 bits per heavy atom. The Morgan fingerprint density at radius 3 is 2.29 bits per heavy atom. The van der Waals surface area contributed by atoms with E-state index in [1.807, 2.05) is 13.8 Å². The van der Waals surface area contributed by atoms with Gasteiger partial charge in [0.15, 0.2) is 0 Å². The van der Waals surface area contributed by atoms with Crippen molar-refractivity contribution in [3.8, 4) is 0 Å². The molecule has 0 aliphatic rings. The van der Waals surface area contributed by atoms with Crippen molar-refractivity contribution < 1.29 is 14.4 Å². The fraction of sp³-hybridized carbons (Fsp3) is 0.357. The van der Waals surface area contributed by atoms with Gasteiger partial charge in [0.05, 0.1) is 6.54 Å². The van der Waals surface area contributed by atoms with Crippen molar-refractivity contribution in [2.24, 2.45) is 0 Å². The van der Waals surface area contributed by atoms with E-state index < -0.39 is 6.03 Å². The van der Waals surface area contributed by atoms with Gasteiger partial charge in [0.25, 0.3) is 0 Å². The molecule has 4 N–H and O–H groups in total. The molecule has 7 nitrogen and oxygen atoms in total. The van der Waals surface area contributed by atoms with Crippen molar-refractivity contribution in [1.82, 2.24) is 10.6 Å². The van der Waals surface area contributed by atoms with Gasteiger partial charge in [0.2, 0.25) is 11.8 Å². The molecular formula is C14H20N4O3. The summed E-state index contributed by atoms with van der Waals surface area (Å²) in [5.41, 5.74) is 1.13. The van der Waals surface area contributed by atoms with E-state index in [0.29, 0.717) is 11.4 Å². The van der Waals surface area contributed by atoms with Crippen molar-refractivity contribution in [3.63, 3.8) is 0 Å². The summed E-state index contributed by atoms with van der Waals surface area (Å²) in [5.74, 6) is -0.542. The molecule has 0 bridgehead atoms. The van der Waals surface area contributed by atoms with E-state index >= 15 is 0 Å². The predicted molar refractivity (Wildman–Crippen MR) is 81.0 cm³/mol. The standard InChI is InChI=1S/C14H20N4O3/c1-9(2)16-14(21)15-8-13(20)18-12-6-4-5-11(7-12)17-10(3)19/h4-7,9H,8H2,1-3H3,(H,17,19)(H,18,20)(H2,15,16,21). The lowest BCUT2D eigenvalue weighted by Crippen LogP contribution is -2.42. The summed E-state index contributed by atoms with van der Waals surface area (Å²) in [4.78, 5) is 34.0. The Bertz CT molecular complexity index is 529. The minimum absolute atomic E-state index is 0.00222. The van der Waals surface area contributed by atoms with Crippen LogP contribution in [-0.2, 0) is 9.59 Å². The van der Waals surface area contributed by atoms with Crippen LogP contribution in [0.1, 0.15) is 20.8 Å². The van der Waals surface area contributed by atoms with Crippen molar-refractivity contribution >= 4 is 29.2 Å². The molecule has 0 atom stereocenters. The Labute approximate surface area is 123 Å². The van der Waals surface area contributed by atoms with Crippen LogP contribution in [0, 0.1) is 0 Å². The largest absolute Gasteiger partial charge is 0.336 e. The molecule has 21 heavy (non-hydrogen) atoms. The zero-order valence-corrected chi connectivity index (χ0v) is 12.3. The monoisotopic (exact) mass is 292 g/mol. The number of carbonyl (C=O) groups excluding carboxylic acids is 3. The SMILES string of the molecule is CC(=O)Nc1cccc(NC(=O)CNC(=O)NC(C)C)c1. The van der Waals surface area contributed by atoms with E-state index in [0.717, 1.165) is 0 Å². The van der Waals surface area contributed by atoms with Crippen LogP contribution in [0.2, 0.25) is 0 Å². The highest BCUT2D eigenvalue weighted by molar-refractivity contribution is 5.95. The molecule has 0 spiro atoms. The molecule has 4 amide bonds. The fourth-order valence-corrected chi connectivity index (χ4v) is 1.56. The summed E-state index contributed by atoms with van der Waals surface area (Å²) < 4.78 is 0. The third-order valence-corrected chi connectivity index (χ3v) is 2.30. The summed E-state index contributed by atoms with van der Waals surface area (Å²) >= 11 is 0. The molecule has 0 saturated heterocycles. The second kappa shape index (κ2) is 7.88. The topological polar surface area (TPSA) is 99.3 Å². The third-order valence-electron chi connectivity index (χ3n) is 2.30. The van der Waals surface area contributed by atoms with Gasteiger partial charge < -0.3 is 21.3 Å². The zero-order chi connectivity index (χ0) is 15.8. The number of amides is 4. The molecule has 7 heteroatoms. The second-order valence-electron chi connectivity index (χ2n) is 4.79. The summed E-state index contributed by atoms with van der Waals surface area (Å²) in [6.07, 6.45) is 0. The maximum Gasteiger partial charge on any atom is 0.315 e. The highest BCUT2D eigenvalue weighted by Gasteiger charge is 2.07. The van der Waals surface area contributed by atoms with Crippen molar-refractivity contribution in [2.75, 3.05) is 17.2 Å². The van der Waals surface area contributed by atoms with Crippen LogP contribution < -0.4 is 21.3 Å². The number of nitrogens with one attached hydrogen (secondary N) is 4. The third kappa shape index (κ3) is 6.95. The molecule has 0 heterocycles. The lowest BCUT2D eigenvalue weighted by atomic mass is 10.2. The van der Waals surface area contributed by atoms with Gasteiger partial charge in [-0.05, 0) is 32.0 Å². The van der Waals surface area contributed by atoms with Gasteiger partial charge in [-0.1, -0.05) is 6.07 Å². The second-order valence-corrected chi connectivity index (χ2v) is 4.79. The normalized spacial score (nSPS) is 9.90. The molecule has 0 aliphatic carbocycles. The van der Waals surface area contributed by atoms with Crippen molar-refractivity contribution in [1.29, 1.82) is 0 Å². The van der Waals surface area contributed by atoms with Gasteiger partial charge in [-0.25, -0.2) is 4.79 Å². The molecule has 0 radical (unpaired) electrons. The van der Waals surface area contributed by atoms with Crippen LogP contribution in [0.5, 0.6) is 0 Å². The van der Waals surface area contributed by atoms with E-state index in [9.17, 15) is 14.4 Å². The first kappa shape index (κ1) is 16.5. The van der Waals surface area contributed by atoms with Crippen LogP contribution in [0.25, 0.3) is 0 Å².